The first-order chi connectivity index (χ1) is 17.7. The molecule has 0 saturated carbocycles. The maximum atomic E-state index is 14.7. The molecule has 1 amide bonds. The zero-order chi connectivity index (χ0) is 26.7. The normalized spacial score (nSPS) is 16.9. The van der Waals surface area contributed by atoms with Gasteiger partial charge in [-0.05, 0) is 12.1 Å². The van der Waals surface area contributed by atoms with Crippen LogP contribution in [0.2, 0.25) is 0 Å². The van der Waals surface area contributed by atoms with E-state index in [1.54, 1.807) is 9.80 Å². The number of amides is 1. The predicted molar refractivity (Wildman–Crippen MR) is 130 cm³/mol. The Morgan fingerprint density at radius 1 is 1.00 bits per heavy atom. The van der Waals surface area contributed by atoms with Crippen LogP contribution in [0.25, 0.3) is 0 Å². The Morgan fingerprint density at radius 3 is 2.22 bits per heavy atom. The lowest BCUT2D eigenvalue weighted by Crippen LogP contribution is -2.49. The largest absolute Gasteiger partial charge is 0.493 e. The minimum Gasteiger partial charge on any atom is -0.493 e. The summed E-state index contributed by atoms with van der Waals surface area (Å²) in [5.41, 5.74) is 0.224. The Labute approximate surface area is 213 Å². The molecule has 0 radical (unpaired) electrons. The molecule has 0 bridgehead atoms. The van der Waals surface area contributed by atoms with Gasteiger partial charge in [0.2, 0.25) is 10.0 Å². The van der Waals surface area contributed by atoms with E-state index in [1.165, 1.54) is 32.4 Å². The molecule has 37 heavy (non-hydrogen) atoms. The van der Waals surface area contributed by atoms with Crippen molar-refractivity contribution in [2.24, 2.45) is 0 Å². The first kappa shape index (κ1) is 26.6. The molecule has 2 aliphatic rings. The van der Waals surface area contributed by atoms with Crippen molar-refractivity contribution in [2.45, 2.75) is 4.90 Å². The van der Waals surface area contributed by atoms with Crippen LogP contribution in [0.5, 0.6) is 11.5 Å². The monoisotopic (exact) mass is 538 g/mol. The maximum absolute atomic E-state index is 14.7. The summed E-state index contributed by atoms with van der Waals surface area (Å²) in [4.78, 5) is 26.8. The lowest BCUT2D eigenvalue weighted by atomic mass is 10.1. The summed E-state index contributed by atoms with van der Waals surface area (Å²) in [6.45, 7) is 1.84. The SMILES string of the molecule is COc1cc(F)c(S(=O)(=O)N2CCN(c3ccc(C(=O)N4CCOCC4)cc3[N+](=O)[O-])CC2)cc1OC. The number of hydrogen-bond acceptors (Lipinski definition) is 9. The minimum atomic E-state index is -4.21. The van der Waals surface area contributed by atoms with E-state index in [9.17, 15) is 27.7 Å². The van der Waals surface area contributed by atoms with Gasteiger partial charge in [-0.15, -0.1) is 0 Å². The number of nitro benzene ring substituents is 1. The second-order valence-electron chi connectivity index (χ2n) is 8.39. The van der Waals surface area contributed by atoms with E-state index in [4.69, 9.17) is 14.2 Å². The predicted octanol–water partition coefficient (Wildman–Crippen LogP) is 1.73. The Balaban J connectivity index is 1.52. The number of ether oxygens (including phenoxy) is 3. The standard InChI is InChI=1S/C23H27FN4O8S/c1-34-20-14-17(24)22(15-21(20)35-2)37(32,33)27-7-5-25(6-8-27)18-4-3-16(13-19(18)28(30)31)23(29)26-9-11-36-12-10-26/h3-4,13-15H,5-12H2,1-2H3. The molecule has 12 nitrogen and oxygen atoms in total. The van der Waals surface area contributed by atoms with Crippen LogP contribution in [0, 0.1) is 15.9 Å². The van der Waals surface area contributed by atoms with E-state index in [1.807, 2.05) is 0 Å². The van der Waals surface area contributed by atoms with Gasteiger partial charge in [-0.25, -0.2) is 12.8 Å². The molecule has 2 aliphatic heterocycles. The summed E-state index contributed by atoms with van der Waals surface area (Å²) >= 11 is 0. The fourth-order valence-corrected chi connectivity index (χ4v) is 5.84. The fraction of sp³-hybridized carbons (Fsp3) is 0.435. The third-order valence-electron chi connectivity index (χ3n) is 6.35. The van der Waals surface area contributed by atoms with E-state index >= 15 is 0 Å². The Morgan fingerprint density at radius 2 is 1.62 bits per heavy atom. The minimum absolute atomic E-state index is 0.0261. The Hall–Kier alpha value is -3.49. The number of nitrogens with zero attached hydrogens (tertiary/aromatic N) is 4. The molecule has 0 N–H and O–H groups in total. The second-order valence-corrected chi connectivity index (χ2v) is 10.3. The van der Waals surface area contributed by atoms with Crippen molar-refractivity contribution >= 4 is 27.3 Å². The molecule has 2 saturated heterocycles. The summed E-state index contributed by atoms with van der Waals surface area (Å²) in [7, 11) is -1.58. The van der Waals surface area contributed by atoms with E-state index in [0.717, 1.165) is 16.4 Å². The number of carbonyl (C=O) groups excluding carboxylic acids is 1. The average Bonchev–Trinajstić information content (AvgIpc) is 2.92. The van der Waals surface area contributed by atoms with Gasteiger partial charge in [0.25, 0.3) is 11.6 Å². The Kier molecular flexibility index (Phi) is 7.80. The van der Waals surface area contributed by atoms with E-state index < -0.39 is 25.7 Å². The maximum Gasteiger partial charge on any atom is 0.293 e. The summed E-state index contributed by atoms with van der Waals surface area (Å²) < 4.78 is 57.5. The number of benzene rings is 2. The van der Waals surface area contributed by atoms with Gasteiger partial charge in [0.1, 0.15) is 16.4 Å². The number of piperazine rings is 1. The zero-order valence-electron chi connectivity index (χ0n) is 20.4. The number of halogens is 1. The van der Waals surface area contributed by atoms with Gasteiger partial charge >= 0.3 is 0 Å². The van der Waals surface area contributed by atoms with Crippen molar-refractivity contribution in [3.8, 4) is 11.5 Å². The first-order valence-electron chi connectivity index (χ1n) is 11.5. The highest BCUT2D eigenvalue weighted by atomic mass is 32.2. The number of anilines is 1. The number of methoxy groups -OCH3 is 2. The van der Waals surface area contributed by atoms with Crippen molar-refractivity contribution in [1.82, 2.24) is 9.21 Å². The van der Waals surface area contributed by atoms with Crippen LogP contribution in [0.1, 0.15) is 10.4 Å². The third-order valence-corrected chi connectivity index (χ3v) is 8.27. The van der Waals surface area contributed by atoms with Gasteiger partial charge in [0, 0.05) is 63.0 Å². The van der Waals surface area contributed by atoms with Crippen LogP contribution in [0.15, 0.2) is 35.2 Å². The molecule has 2 heterocycles. The lowest BCUT2D eigenvalue weighted by Gasteiger charge is -2.35. The molecule has 0 spiro atoms. The number of rotatable bonds is 7. The number of sulfonamides is 1. The zero-order valence-corrected chi connectivity index (χ0v) is 21.2. The van der Waals surface area contributed by atoms with Crippen molar-refractivity contribution in [3.05, 3.63) is 51.8 Å². The van der Waals surface area contributed by atoms with E-state index in [2.05, 4.69) is 0 Å². The Bertz CT molecular complexity index is 1290. The van der Waals surface area contributed by atoms with Crippen LogP contribution in [-0.2, 0) is 14.8 Å². The number of carbonyl (C=O) groups is 1. The van der Waals surface area contributed by atoms with Gasteiger partial charge in [-0.1, -0.05) is 0 Å². The van der Waals surface area contributed by atoms with Gasteiger partial charge < -0.3 is 24.0 Å². The molecular weight excluding hydrogens is 511 g/mol. The molecule has 0 aliphatic carbocycles. The van der Waals surface area contributed by atoms with Crippen molar-refractivity contribution in [3.63, 3.8) is 0 Å². The van der Waals surface area contributed by atoms with Crippen molar-refractivity contribution in [2.75, 3.05) is 71.6 Å². The first-order valence-corrected chi connectivity index (χ1v) is 12.9. The lowest BCUT2D eigenvalue weighted by molar-refractivity contribution is -0.384. The van der Waals surface area contributed by atoms with Crippen LogP contribution in [0.3, 0.4) is 0 Å². The van der Waals surface area contributed by atoms with Crippen molar-refractivity contribution in [1.29, 1.82) is 0 Å². The van der Waals surface area contributed by atoms with Gasteiger partial charge in [-0.3, -0.25) is 14.9 Å². The van der Waals surface area contributed by atoms with Crippen LogP contribution in [0.4, 0.5) is 15.8 Å². The molecule has 0 aromatic heterocycles. The summed E-state index contributed by atoms with van der Waals surface area (Å²) in [6, 6.07) is 6.30. The molecule has 14 heteroatoms. The van der Waals surface area contributed by atoms with Crippen LogP contribution >= 0.6 is 0 Å². The average molecular weight is 539 g/mol. The molecule has 2 fully saturated rings. The molecule has 0 unspecified atom stereocenters. The molecular formula is C23H27FN4O8S. The van der Waals surface area contributed by atoms with Crippen LogP contribution in [-0.4, -0.2) is 95.2 Å². The highest BCUT2D eigenvalue weighted by molar-refractivity contribution is 7.89. The van der Waals surface area contributed by atoms with Gasteiger partial charge in [-0.2, -0.15) is 4.31 Å². The summed E-state index contributed by atoms with van der Waals surface area (Å²) in [5, 5.41) is 11.8. The summed E-state index contributed by atoms with van der Waals surface area (Å²) in [5.74, 6) is -1.16. The van der Waals surface area contributed by atoms with E-state index in [-0.39, 0.29) is 60.5 Å². The molecule has 2 aromatic rings. The number of morpholine rings is 1. The summed E-state index contributed by atoms with van der Waals surface area (Å²) in [6.07, 6.45) is 0. The number of hydrogen-bond donors (Lipinski definition) is 0. The third kappa shape index (κ3) is 5.31. The quantitative estimate of drug-likeness (QED) is 0.382. The smallest absolute Gasteiger partial charge is 0.293 e. The van der Waals surface area contributed by atoms with E-state index in [0.29, 0.717) is 26.3 Å². The number of nitro groups is 1. The molecule has 4 rings (SSSR count). The van der Waals surface area contributed by atoms with Gasteiger partial charge in [0.15, 0.2) is 11.5 Å². The highest BCUT2D eigenvalue weighted by Gasteiger charge is 2.34. The molecule has 200 valence electrons. The van der Waals surface area contributed by atoms with Crippen molar-refractivity contribution < 1.29 is 36.7 Å². The topological polar surface area (TPSA) is 132 Å². The highest BCUT2D eigenvalue weighted by Crippen LogP contribution is 2.35. The van der Waals surface area contributed by atoms with Gasteiger partial charge in [0.05, 0.1) is 32.4 Å². The second kappa shape index (κ2) is 10.9. The molecule has 2 aromatic carbocycles. The fourth-order valence-electron chi connectivity index (χ4n) is 4.36. The molecule has 0 atom stereocenters. The van der Waals surface area contributed by atoms with Crippen LogP contribution < -0.4 is 14.4 Å².